The minimum Gasteiger partial charge on any atom is -0.338 e. The standard InChI is InChI=1S/C16H21ClN4O.ClH/c1-16(2,11-4-6-12(17)7-5-11)15-19-14(20-22-15)13-10-18-8-9-21(13)3;/h4-7,13,18H,8-10H2,1-3H3;1H. The molecule has 1 unspecified atom stereocenters. The van der Waals surface area contributed by atoms with Gasteiger partial charge in [-0.25, -0.2) is 0 Å². The molecule has 7 heteroatoms. The lowest BCUT2D eigenvalue weighted by Gasteiger charge is -2.30. The van der Waals surface area contributed by atoms with Crippen molar-refractivity contribution in [2.24, 2.45) is 0 Å². The number of benzene rings is 1. The smallest absolute Gasteiger partial charge is 0.236 e. The zero-order valence-corrected chi connectivity index (χ0v) is 15.1. The Labute approximate surface area is 147 Å². The van der Waals surface area contributed by atoms with Crippen molar-refractivity contribution in [3.63, 3.8) is 0 Å². The zero-order chi connectivity index (χ0) is 15.7. The third-order valence-corrected chi connectivity index (χ3v) is 4.60. The number of nitrogens with zero attached hydrogens (tertiary/aromatic N) is 3. The molecule has 3 rings (SSSR count). The Kier molecular flexibility index (Phi) is 5.68. The van der Waals surface area contributed by atoms with Crippen LogP contribution in [0.2, 0.25) is 5.02 Å². The number of nitrogens with one attached hydrogen (secondary N) is 1. The molecule has 2 heterocycles. The van der Waals surface area contributed by atoms with Crippen LogP contribution in [0.15, 0.2) is 28.8 Å². The van der Waals surface area contributed by atoms with E-state index in [9.17, 15) is 0 Å². The van der Waals surface area contributed by atoms with Crippen LogP contribution in [-0.2, 0) is 5.41 Å². The molecule has 1 saturated heterocycles. The molecule has 1 fully saturated rings. The number of halogens is 2. The van der Waals surface area contributed by atoms with E-state index in [-0.39, 0.29) is 23.9 Å². The summed E-state index contributed by atoms with van der Waals surface area (Å²) < 4.78 is 5.57. The predicted molar refractivity (Wildman–Crippen MR) is 93.4 cm³/mol. The molecule has 0 amide bonds. The molecule has 0 aliphatic carbocycles. The zero-order valence-electron chi connectivity index (χ0n) is 13.5. The van der Waals surface area contributed by atoms with E-state index >= 15 is 0 Å². The van der Waals surface area contributed by atoms with Crippen molar-refractivity contribution >= 4 is 24.0 Å². The molecule has 5 nitrogen and oxygen atoms in total. The van der Waals surface area contributed by atoms with Gasteiger partial charge in [-0.3, -0.25) is 4.90 Å². The molecule has 1 N–H and O–H groups in total. The summed E-state index contributed by atoms with van der Waals surface area (Å²) in [5.41, 5.74) is 0.749. The Hall–Kier alpha value is -1.14. The van der Waals surface area contributed by atoms with Gasteiger partial charge in [0, 0.05) is 24.7 Å². The van der Waals surface area contributed by atoms with Gasteiger partial charge in [-0.15, -0.1) is 12.4 Å². The Morgan fingerprint density at radius 3 is 2.65 bits per heavy atom. The summed E-state index contributed by atoms with van der Waals surface area (Å²) in [7, 11) is 2.09. The van der Waals surface area contributed by atoms with E-state index < -0.39 is 0 Å². The van der Waals surface area contributed by atoms with E-state index in [1.807, 2.05) is 24.3 Å². The third-order valence-electron chi connectivity index (χ3n) is 4.35. The molecule has 0 saturated carbocycles. The molecule has 1 atom stereocenters. The van der Waals surface area contributed by atoms with E-state index in [0.717, 1.165) is 36.0 Å². The van der Waals surface area contributed by atoms with Gasteiger partial charge in [-0.05, 0) is 38.6 Å². The second-order valence-electron chi connectivity index (χ2n) is 6.29. The lowest BCUT2D eigenvalue weighted by atomic mass is 9.84. The van der Waals surface area contributed by atoms with Crippen LogP contribution in [0, 0.1) is 0 Å². The topological polar surface area (TPSA) is 54.2 Å². The first kappa shape index (κ1) is 18.2. The summed E-state index contributed by atoms with van der Waals surface area (Å²) >= 11 is 5.97. The van der Waals surface area contributed by atoms with Gasteiger partial charge in [0.1, 0.15) is 0 Å². The van der Waals surface area contributed by atoms with Crippen molar-refractivity contribution in [1.29, 1.82) is 0 Å². The van der Waals surface area contributed by atoms with Crippen molar-refractivity contribution in [3.8, 4) is 0 Å². The second kappa shape index (κ2) is 7.18. The highest BCUT2D eigenvalue weighted by molar-refractivity contribution is 6.30. The van der Waals surface area contributed by atoms with Crippen molar-refractivity contribution in [1.82, 2.24) is 20.4 Å². The van der Waals surface area contributed by atoms with E-state index in [1.165, 1.54) is 0 Å². The van der Waals surface area contributed by atoms with E-state index in [0.29, 0.717) is 5.89 Å². The Bertz CT molecular complexity index is 642. The number of hydrogen-bond acceptors (Lipinski definition) is 5. The fourth-order valence-electron chi connectivity index (χ4n) is 2.71. The Balaban J connectivity index is 0.00000192. The monoisotopic (exact) mass is 356 g/mol. The number of rotatable bonds is 3. The molecule has 126 valence electrons. The summed E-state index contributed by atoms with van der Waals surface area (Å²) in [5.74, 6) is 1.37. The van der Waals surface area contributed by atoms with Crippen LogP contribution in [0.3, 0.4) is 0 Å². The predicted octanol–water partition coefficient (Wildman–Crippen LogP) is 3.05. The quantitative estimate of drug-likeness (QED) is 0.915. The van der Waals surface area contributed by atoms with Crippen molar-refractivity contribution < 1.29 is 4.52 Å². The average Bonchev–Trinajstić information content (AvgIpc) is 2.98. The first-order chi connectivity index (χ1) is 10.5. The first-order valence-corrected chi connectivity index (χ1v) is 7.87. The molecule has 1 aromatic heterocycles. The Morgan fingerprint density at radius 1 is 1.30 bits per heavy atom. The average molecular weight is 357 g/mol. The highest BCUT2D eigenvalue weighted by Crippen LogP contribution is 2.32. The summed E-state index contributed by atoms with van der Waals surface area (Å²) in [6, 6.07) is 7.93. The van der Waals surface area contributed by atoms with Crippen LogP contribution in [-0.4, -0.2) is 41.7 Å². The molecular weight excluding hydrogens is 335 g/mol. The summed E-state index contributed by atoms with van der Waals surface area (Å²) in [4.78, 5) is 6.91. The minimum atomic E-state index is -0.351. The van der Waals surface area contributed by atoms with Gasteiger partial charge in [0.25, 0.3) is 0 Å². The maximum atomic E-state index is 5.97. The van der Waals surface area contributed by atoms with Gasteiger partial charge in [-0.1, -0.05) is 28.9 Å². The fourth-order valence-corrected chi connectivity index (χ4v) is 2.83. The van der Waals surface area contributed by atoms with E-state index in [1.54, 1.807) is 0 Å². The lowest BCUT2D eigenvalue weighted by Crippen LogP contribution is -2.44. The fraction of sp³-hybridized carbons (Fsp3) is 0.500. The van der Waals surface area contributed by atoms with Crippen LogP contribution in [0.1, 0.15) is 37.2 Å². The largest absolute Gasteiger partial charge is 0.338 e. The van der Waals surface area contributed by atoms with Gasteiger partial charge in [-0.2, -0.15) is 4.98 Å². The number of hydrogen-bond donors (Lipinski definition) is 1. The van der Waals surface area contributed by atoms with Gasteiger partial charge >= 0.3 is 0 Å². The van der Waals surface area contributed by atoms with Crippen molar-refractivity contribution in [2.45, 2.75) is 25.3 Å². The van der Waals surface area contributed by atoms with Crippen LogP contribution >= 0.6 is 24.0 Å². The number of aromatic nitrogens is 2. The maximum absolute atomic E-state index is 5.97. The molecule has 2 aromatic rings. The lowest BCUT2D eigenvalue weighted by molar-refractivity contribution is 0.190. The second-order valence-corrected chi connectivity index (χ2v) is 6.73. The normalized spacial score (nSPS) is 19.4. The highest BCUT2D eigenvalue weighted by Gasteiger charge is 2.32. The highest BCUT2D eigenvalue weighted by atomic mass is 35.5. The molecule has 0 radical (unpaired) electrons. The van der Waals surface area contributed by atoms with E-state index in [2.05, 4.69) is 41.3 Å². The van der Waals surface area contributed by atoms with Crippen LogP contribution in [0.25, 0.3) is 0 Å². The summed E-state index contributed by atoms with van der Waals surface area (Å²) in [6.45, 7) is 6.98. The Morgan fingerprint density at radius 2 is 2.00 bits per heavy atom. The van der Waals surface area contributed by atoms with E-state index in [4.69, 9.17) is 16.1 Å². The molecule has 0 spiro atoms. The third kappa shape index (κ3) is 3.69. The van der Waals surface area contributed by atoms with Crippen molar-refractivity contribution in [2.75, 3.05) is 26.7 Å². The molecule has 1 aromatic carbocycles. The summed E-state index contributed by atoms with van der Waals surface area (Å²) in [5, 5.41) is 8.30. The van der Waals surface area contributed by atoms with Gasteiger partial charge in [0.2, 0.25) is 5.89 Å². The molecule has 23 heavy (non-hydrogen) atoms. The minimum absolute atomic E-state index is 0. The van der Waals surface area contributed by atoms with Gasteiger partial charge in [0.05, 0.1) is 11.5 Å². The SMILES string of the molecule is CN1CCNCC1c1noc(C(C)(C)c2ccc(Cl)cc2)n1.Cl. The van der Waals surface area contributed by atoms with Gasteiger partial charge < -0.3 is 9.84 Å². The molecule has 1 aliphatic heterocycles. The van der Waals surface area contributed by atoms with Crippen LogP contribution in [0.5, 0.6) is 0 Å². The van der Waals surface area contributed by atoms with Crippen LogP contribution in [0.4, 0.5) is 0 Å². The molecule has 1 aliphatic rings. The number of piperazine rings is 1. The maximum Gasteiger partial charge on any atom is 0.236 e. The molecular formula is C16H22Cl2N4O. The van der Waals surface area contributed by atoms with Gasteiger partial charge in [0.15, 0.2) is 5.82 Å². The molecule has 0 bridgehead atoms. The number of likely N-dealkylation sites (N-methyl/N-ethyl adjacent to an activating group) is 1. The van der Waals surface area contributed by atoms with Crippen molar-refractivity contribution in [3.05, 3.63) is 46.6 Å². The summed E-state index contributed by atoms with van der Waals surface area (Å²) in [6.07, 6.45) is 0. The van der Waals surface area contributed by atoms with Crippen LogP contribution < -0.4 is 5.32 Å². The first-order valence-electron chi connectivity index (χ1n) is 7.49.